The van der Waals surface area contributed by atoms with E-state index in [2.05, 4.69) is 21.9 Å². The summed E-state index contributed by atoms with van der Waals surface area (Å²) in [5.41, 5.74) is 6.53. The van der Waals surface area contributed by atoms with E-state index < -0.39 is 0 Å². The molecule has 0 heterocycles. The molecule has 0 saturated carbocycles. The summed E-state index contributed by atoms with van der Waals surface area (Å²) in [4.78, 5) is 0. The first-order valence-corrected chi connectivity index (χ1v) is 4.62. The zero-order valence-electron chi connectivity index (χ0n) is 7.09. The molecule has 1 rings (SSSR count). The van der Waals surface area contributed by atoms with Crippen molar-refractivity contribution >= 4 is 15.9 Å². The number of halogens is 1. The van der Waals surface area contributed by atoms with Crippen molar-refractivity contribution in [2.24, 2.45) is 5.73 Å². The largest absolute Gasteiger partial charge is 0.481 e. The van der Waals surface area contributed by atoms with Crippen molar-refractivity contribution in [3.05, 3.63) is 28.2 Å². The minimum atomic E-state index is 0.283. The molecule has 3 heteroatoms. The maximum absolute atomic E-state index is 5.52. The highest BCUT2D eigenvalue weighted by Crippen LogP contribution is 2.21. The average Bonchev–Trinajstić information content (AvgIpc) is 2.16. The predicted molar refractivity (Wildman–Crippen MR) is 56.4 cm³/mol. The number of benzene rings is 1. The van der Waals surface area contributed by atoms with Gasteiger partial charge in [0.25, 0.3) is 0 Å². The Morgan fingerprint density at radius 1 is 1.54 bits per heavy atom. The number of rotatable bonds is 3. The van der Waals surface area contributed by atoms with Crippen molar-refractivity contribution in [2.45, 2.75) is 6.54 Å². The van der Waals surface area contributed by atoms with E-state index in [1.54, 1.807) is 0 Å². The molecule has 0 aliphatic carbocycles. The molecule has 0 atom stereocenters. The third kappa shape index (κ3) is 2.76. The number of terminal acetylenes is 1. The van der Waals surface area contributed by atoms with Crippen LogP contribution >= 0.6 is 15.9 Å². The average molecular weight is 240 g/mol. The van der Waals surface area contributed by atoms with Crippen LogP contribution in [-0.4, -0.2) is 6.61 Å². The van der Waals surface area contributed by atoms with Gasteiger partial charge in [0.2, 0.25) is 0 Å². The van der Waals surface area contributed by atoms with E-state index in [0.717, 1.165) is 15.8 Å². The zero-order valence-corrected chi connectivity index (χ0v) is 8.67. The lowest BCUT2D eigenvalue weighted by Crippen LogP contribution is -1.99. The van der Waals surface area contributed by atoms with Gasteiger partial charge in [0.05, 0.1) is 0 Å². The second kappa shape index (κ2) is 4.90. The van der Waals surface area contributed by atoms with Crippen molar-refractivity contribution in [1.82, 2.24) is 0 Å². The Kier molecular flexibility index (Phi) is 3.81. The van der Waals surface area contributed by atoms with Crippen LogP contribution < -0.4 is 10.5 Å². The second-order valence-electron chi connectivity index (χ2n) is 2.45. The van der Waals surface area contributed by atoms with Gasteiger partial charge in [-0.1, -0.05) is 21.9 Å². The molecule has 0 fully saturated rings. The highest BCUT2D eigenvalue weighted by atomic mass is 79.9. The van der Waals surface area contributed by atoms with Crippen LogP contribution in [0.25, 0.3) is 0 Å². The Morgan fingerprint density at radius 2 is 2.31 bits per heavy atom. The van der Waals surface area contributed by atoms with Gasteiger partial charge in [-0.05, 0) is 23.8 Å². The third-order valence-electron chi connectivity index (χ3n) is 1.56. The van der Waals surface area contributed by atoms with Gasteiger partial charge in [-0.15, -0.1) is 6.42 Å². The van der Waals surface area contributed by atoms with Crippen LogP contribution in [0.4, 0.5) is 0 Å². The van der Waals surface area contributed by atoms with Gasteiger partial charge in [-0.3, -0.25) is 0 Å². The van der Waals surface area contributed by atoms with Crippen molar-refractivity contribution in [3.8, 4) is 18.1 Å². The number of nitrogens with two attached hydrogens (primary N) is 1. The summed E-state index contributed by atoms with van der Waals surface area (Å²) in [7, 11) is 0. The van der Waals surface area contributed by atoms with Crippen molar-refractivity contribution in [1.29, 1.82) is 0 Å². The predicted octanol–water partition coefficient (Wildman–Crippen LogP) is 1.92. The molecule has 0 spiro atoms. The molecule has 0 unspecified atom stereocenters. The van der Waals surface area contributed by atoms with Crippen LogP contribution in [0.5, 0.6) is 5.75 Å². The second-order valence-corrected chi connectivity index (χ2v) is 3.30. The molecule has 68 valence electrons. The highest BCUT2D eigenvalue weighted by molar-refractivity contribution is 9.10. The fourth-order valence-corrected chi connectivity index (χ4v) is 1.33. The fourth-order valence-electron chi connectivity index (χ4n) is 0.922. The molecule has 0 aliphatic heterocycles. The Balaban J connectivity index is 2.81. The Hall–Kier alpha value is -0.980. The lowest BCUT2D eigenvalue weighted by Gasteiger charge is -2.05. The smallest absolute Gasteiger partial charge is 0.148 e. The van der Waals surface area contributed by atoms with Crippen molar-refractivity contribution in [3.63, 3.8) is 0 Å². The van der Waals surface area contributed by atoms with Gasteiger partial charge >= 0.3 is 0 Å². The van der Waals surface area contributed by atoms with E-state index in [9.17, 15) is 0 Å². The quantitative estimate of drug-likeness (QED) is 0.819. The summed E-state index contributed by atoms with van der Waals surface area (Å²) in [5.74, 6) is 3.15. The first kappa shape index (κ1) is 10.1. The Morgan fingerprint density at radius 3 is 2.92 bits per heavy atom. The topological polar surface area (TPSA) is 35.2 Å². The molecule has 13 heavy (non-hydrogen) atoms. The summed E-state index contributed by atoms with van der Waals surface area (Å²) in [6.07, 6.45) is 5.07. The SMILES string of the molecule is C#CCOc1ccc(Br)c(CN)c1. The molecule has 0 amide bonds. The van der Waals surface area contributed by atoms with Crippen LogP contribution in [0.3, 0.4) is 0 Å². The highest BCUT2D eigenvalue weighted by Gasteiger charge is 1.99. The summed E-state index contributed by atoms with van der Waals surface area (Å²) >= 11 is 3.38. The van der Waals surface area contributed by atoms with E-state index in [0.29, 0.717) is 6.54 Å². The molecule has 2 nitrogen and oxygen atoms in total. The Bertz CT molecular complexity index is 330. The van der Waals surface area contributed by atoms with Crippen LogP contribution in [-0.2, 0) is 6.54 Å². The van der Waals surface area contributed by atoms with E-state index in [1.807, 2.05) is 18.2 Å². The maximum Gasteiger partial charge on any atom is 0.148 e. The molecule has 1 aromatic rings. The first-order valence-electron chi connectivity index (χ1n) is 3.82. The normalized spacial score (nSPS) is 9.31. The maximum atomic E-state index is 5.52. The van der Waals surface area contributed by atoms with Gasteiger partial charge in [0.1, 0.15) is 12.4 Å². The Labute approximate surface area is 86.2 Å². The molecule has 0 saturated heterocycles. The first-order chi connectivity index (χ1) is 6.27. The molecule has 0 radical (unpaired) electrons. The molecule has 2 N–H and O–H groups in total. The lowest BCUT2D eigenvalue weighted by molar-refractivity contribution is 0.370. The fraction of sp³-hybridized carbons (Fsp3) is 0.200. The monoisotopic (exact) mass is 239 g/mol. The molecular formula is C10H10BrNO. The minimum Gasteiger partial charge on any atom is -0.481 e. The van der Waals surface area contributed by atoms with Crippen molar-refractivity contribution < 1.29 is 4.74 Å². The summed E-state index contributed by atoms with van der Waals surface area (Å²) < 4.78 is 6.23. The van der Waals surface area contributed by atoms with Crippen molar-refractivity contribution in [2.75, 3.05) is 6.61 Å². The van der Waals surface area contributed by atoms with Crippen LogP contribution in [0.15, 0.2) is 22.7 Å². The van der Waals surface area contributed by atoms with Gasteiger partial charge in [-0.25, -0.2) is 0 Å². The van der Waals surface area contributed by atoms with Crippen LogP contribution in [0.1, 0.15) is 5.56 Å². The summed E-state index contributed by atoms with van der Waals surface area (Å²) in [6, 6.07) is 5.62. The molecule has 0 aliphatic rings. The van der Waals surface area contributed by atoms with E-state index in [1.165, 1.54) is 0 Å². The van der Waals surface area contributed by atoms with Gasteiger partial charge in [0, 0.05) is 11.0 Å². The summed E-state index contributed by atoms with van der Waals surface area (Å²) in [5, 5.41) is 0. The molecule has 0 bridgehead atoms. The third-order valence-corrected chi connectivity index (χ3v) is 2.33. The standard InChI is InChI=1S/C10H10BrNO/c1-2-5-13-9-3-4-10(11)8(6-9)7-12/h1,3-4,6H,5,7,12H2. The van der Waals surface area contributed by atoms with Gasteiger partial charge < -0.3 is 10.5 Å². The minimum absolute atomic E-state index is 0.283. The van der Waals surface area contributed by atoms with E-state index >= 15 is 0 Å². The lowest BCUT2D eigenvalue weighted by atomic mass is 10.2. The zero-order chi connectivity index (χ0) is 9.68. The van der Waals surface area contributed by atoms with Gasteiger partial charge in [-0.2, -0.15) is 0 Å². The molecule has 0 aromatic heterocycles. The number of hydrogen-bond donors (Lipinski definition) is 1. The summed E-state index contributed by atoms with van der Waals surface area (Å²) in [6.45, 7) is 0.763. The molecular weight excluding hydrogens is 230 g/mol. The molecule has 1 aromatic carbocycles. The van der Waals surface area contributed by atoms with Crippen LogP contribution in [0, 0.1) is 12.3 Å². The van der Waals surface area contributed by atoms with E-state index in [4.69, 9.17) is 16.9 Å². The van der Waals surface area contributed by atoms with Crippen LogP contribution in [0.2, 0.25) is 0 Å². The van der Waals surface area contributed by atoms with E-state index in [-0.39, 0.29) is 6.61 Å². The number of hydrogen-bond acceptors (Lipinski definition) is 2. The van der Waals surface area contributed by atoms with Gasteiger partial charge in [0.15, 0.2) is 0 Å². The number of ether oxygens (including phenoxy) is 1.